The molecule has 0 saturated carbocycles. The van der Waals surface area contributed by atoms with E-state index in [1.54, 1.807) is 0 Å². The van der Waals surface area contributed by atoms with E-state index in [1.165, 1.54) is 24.8 Å². The number of hydrogen-bond acceptors (Lipinski definition) is 2. The summed E-state index contributed by atoms with van der Waals surface area (Å²) in [5, 5.41) is 7.04. The molecule has 0 atom stereocenters. The molecule has 0 unspecified atom stereocenters. The molecule has 2 rings (SSSR count). The van der Waals surface area contributed by atoms with Crippen LogP contribution in [0.15, 0.2) is 30.3 Å². The molecular formula is C13H19N3S. The summed E-state index contributed by atoms with van der Waals surface area (Å²) in [5.74, 6) is 0. The van der Waals surface area contributed by atoms with E-state index in [9.17, 15) is 0 Å². The molecule has 1 aromatic rings. The van der Waals surface area contributed by atoms with Gasteiger partial charge in [0.1, 0.15) is 0 Å². The van der Waals surface area contributed by atoms with Crippen molar-refractivity contribution in [1.82, 2.24) is 15.5 Å². The first-order chi connectivity index (χ1) is 8.34. The second-order valence-electron chi connectivity index (χ2n) is 4.34. The number of nitrogens with one attached hydrogen (secondary N) is 2. The Morgan fingerprint density at radius 3 is 2.47 bits per heavy atom. The van der Waals surface area contributed by atoms with Crippen molar-refractivity contribution in [2.45, 2.75) is 19.3 Å². The number of thiocarbonyl (C=S) groups is 1. The Hall–Kier alpha value is -1.13. The second kappa shape index (κ2) is 6.57. The number of aryl methyl sites for hydroxylation is 1. The van der Waals surface area contributed by atoms with Crippen LogP contribution in [0.1, 0.15) is 18.4 Å². The third kappa shape index (κ3) is 4.32. The highest BCUT2D eigenvalue weighted by molar-refractivity contribution is 7.80. The number of unbranched alkanes of at least 4 members (excludes halogenated alkanes) is 1. The number of rotatable bonds is 5. The van der Waals surface area contributed by atoms with Crippen LogP contribution in [0.4, 0.5) is 0 Å². The average Bonchev–Trinajstić information content (AvgIpc) is 2.38. The van der Waals surface area contributed by atoms with Crippen LogP contribution in [0, 0.1) is 0 Å². The van der Waals surface area contributed by atoms with Crippen molar-refractivity contribution in [3.63, 3.8) is 0 Å². The third-order valence-corrected chi connectivity index (χ3v) is 3.25. The maximum atomic E-state index is 5.01. The fraction of sp³-hybridized carbons (Fsp3) is 0.462. The van der Waals surface area contributed by atoms with Crippen LogP contribution < -0.4 is 10.6 Å². The van der Waals surface area contributed by atoms with Crippen LogP contribution >= 0.6 is 12.2 Å². The van der Waals surface area contributed by atoms with Gasteiger partial charge in [-0.05, 0) is 37.0 Å². The molecule has 2 N–H and O–H groups in total. The molecule has 1 aliphatic rings. The SMILES string of the molecule is S=C1NCN(CCCCc2ccccc2)CN1. The molecule has 1 fully saturated rings. The monoisotopic (exact) mass is 249 g/mol. The molecule has 0 aromatic heterocycles. The van der Waals surface area contributed by atoms with Crippen molar-refractivity contribution in [2.24, 2.45) is 0 Å². The van der Waals surface area contributed by atoms with Crippen molar-refractivity contribution in [1.29, 1.82) is 0 Å². The van der Waals surface area contributed by atoms with Gasteiger partial charge in [-0.3, -0.25) is 4.90 Å². The summed E-state index contributed by atoms with van der Waals surface area (Å²) in [6, 6.07) is 10.7. The summed E-state index contributed by atoms with van der Waals surface area (Å²) >= 11 is 5.01. The first-order valence-electron chi connectivity index (χ1n) is 6.12. The molecule has 0 spiro atoms. The lowest BCUT2D eigenvalue weighted by molar-refractivity contribution is 0.240. The molecule has 0 radical (unpaired) electrons. The average molecular weight is 249 g/mol. The summed E-state index contributed by atoms with van der Waals surface area (Å²) in [4.78, 5) is 2.33. The van der Waals surface area contributed by atoms with E-state index in [0.29, 0.717) is 0 Å². The van der Waals surface area contributed by atoms with Crippen molar-refractivity contribution in [2.75, 3.05) is 19.9 Å². The Morgan fingerprint density at radius 2 is 1.76 bits per heavy atom. The van der Waals surface area contributed by atoms with E-state index in [4.69, 9.17) is 12.2 Å². The molecule has 0 bridgehead atoms. The Balaban J connectivity index is 1.59. The predicted molar refractivity (Wildman–Crippen MR) is 74.7 cm³/mol. The van der Waals surface area contributed by atoms with E-state index in [0.717, 1.165) is 25.0 Å². The summed E-state index contributed by atoms with van der Waals surface area (Å²) < 4.78 is 0. The van der Waals surface area contributed by atoms with E-state index in [-0.39, 0.29) is 0 Å². The molecule has 1 aromatic carbocycles. The molecular weight excluding hydrogens is 230 g/mol. The predicted octanol–water partition coefficient (Wildman–Crippen LogP) is 1.70. The van der Waals surface area contributed by atoms with Gasteiger partial charge in [0.2, 0.25) is 0 Å². The summed E-state index contributed by atoms with van der Waals surface area (Å²) in [6.45, 7) is 2.86. The van der Waals surface area contributed by atoms with Gasteiger partial charge < -0.3 is 10.6 Å². The van der Waals surface area contributed by atoms with E-state index in [2.05, 4.69) is 45.9 Å². The molecule has 1 aliphatic heterocycles. The van der Waals surface area contributed by atoms with Gasteiger partial charge in [0.25, 0.3) is 0 Å². The topological polar surface area (TPSA) is 27.3 Å². The highest BCUT2D eigenvalue weighted by atomic mass is 32.1. The van der Waals surface area contributed by atoms with E-state index in [1.807, 2.05) is 0 Å². The molecule has 92 valence electrons. The van der Waals surface area contributed by atoms with Crippen molar-refractivity contribution in [3.8, 4) is 0 Å². The second-order valence-corrected chi connectivity index (χ2v) is 4.74. The lowest BCUT2D eigenvalue weighted by Crippen LogP contribution is -2.53. The Bertz CT molecular complexity index is 343. The van der Waals surface area contributed by atoms with E-state index < -0.39 is 0 Å². The normalized spacial score (nSPS) is 16.4. The first-order valence-corrected chi connectivity index (χ1v) is 6.53. The van der Waals surface area contributed by atoms with Gasteiger partial charge in [0, 0.05) is 6.54 Å². The van der Waals surface area contributed by atoms with Gasteiger partial charge >= 0.3 is 0 Å². The van der Waals surface area contributed by atoms with Crippen LogP contribution in [0.2, 0.25) is 0 Å². The van der Waals surface area contributed by atoms with Crippen molar-refractivity contribution >= 4 is 17.3 Å². The zero-order valence-electron chi connectivity index (χ0n) is 9.98. The smallest absolute Gasteiger partial charge is 0.168 e. The van der Waals surface area contributed by atoms with Gasteiger partial charge in [-0.15, -0.1) is 0 Å². The number of benzene rings is 1. The molecule has 3 nitrogen and oxygen atoms in total. The lowest BCUT2D eigenvalue weighted by atomic mass is 10.1. The van der Waals surface area contributed by atoms with Gasteiger partial charge in [0.15, 0.2) is 5.11 Å². The van der Waals surface area contributed by atoms with Crippen LogP contribution in [0.5, 0.6) is 0 Å². The highest BCUT2D eigenvalue weighted by Crippen LogP contribution is 2.05. The third-order valence-electron chi connectivity index (χ3n) is 2.96. The minimum atomic E-state index is 0.769. The fourth-order valence-electron chi connectivity index (χ4n) is 1.95. The lowest BCUT2D eigenvalue weighted by Gasteiger charge is -2.29. The minimum Gasteiger partial charge on any atom is -0.350 e. The van der Waals surface area contributed by atoms with Crippen molar-refractivity contribution in [3.05, 3.63) is 35.9 Å². The molecule has 4 heteroatoms. The Morgan fingerprint density at radius 1 is 1.06 bits per heavy atom. The largest absolute Gasteiger partial charge is 0.350 e. The Labute approximate surface area is 108 Å². The first kappa shape index (κ1) is 12.3. The number of hydrogen-bond donors (Lipinski definition) is 2. The van der Waals surface area contributed by atoms with Gasteiger partial charge in [-0.1, -0.05) is 30.3 Å². The standard InChI is InChI=1S/C13H19N3S/c17-13-14-10-16(11-15-13)9-5-4-8-12-6-2-1-3-7-12/h1-3,6-7H,4-5,8-11H2,(H2,14,15,17). The molecule has 0 amide bonds. The summed E-state index contributed by atoms with van der Waals surface area (Å²) in [7, 11) is 0. The highest BCUT2D eigenvalue weighted by Gasteiger charge is 2.10. The van der Waals surface area contributed by atoms with Crippen LogP contribution in [0.25, 0.3) is 0 Å². The zero-order valence-corrected chi connectivity index (χ0v) is 10.8. The summed E-state index contributed by atoms with van der Waals surface area (Å²) in [5.41, 5.74) is 1.43. The van der Waals surface area contributed by atoms with Crippen LogP contribution in [0.3, 0.4) is 0 Å². The minimum absolute atomic E-state index is 0.769. The van der Waals surface area contributed by atoms with Crippen LogP contribution in [-0.2, 0) is 6.42 Å². The van der Waals surface area contributed by atoms with E-state index >= 15 is 0 Å². The zero-order chi connectivity index (χ0) is 11.9. The maximum absolute atomic E-state index is 5.01. The summed E-state index contributed by atoms with van der Waals surface area (Å²) in [6.07, 6.45) is 3.64. The quantitative estimate of drug-likeness (QED) is 0.613. The molecule has 0 aliphatic carbocycles. The van der Waals surface area contributed by atoms with Gasteiger partial charge in [-0.2, -0.15) is 0 Å². The molecule has 1 heterocycles. The van der Waals surface area contributed by atoms with Gasteiger partial charge in [0.05, 0.1) is 13.3 Å². The Kier molecular flexibility index (Phi) is 4.76. The fourth-order valence-corrected chi connectivity index (χ4v) is 2.08. The number of nitrogens with zero attached hydrogens (tertiary/aromatic N) is 1. The molecule has 1 saturated heterocycles. The van der Waals surface area contributed by atoms with Gasteiger partial charge in [-0.25, -0.2) is 0 Å². The molecule has 17 heavy (non-hydrogen) atoms. The maximum Gasteiger partial charge on any atom is 0.168 e. The van der Waals surface area contributed by atoms with Crippen molar-refractivity contribution < 1.29 is 0 Å². The van der Waals surface area contributed by atoms with Crippen LogP contribution in [-0.4, -0.2) is 29.9 Å².